The molecular formula is C15H13BrF3NO. The summed E-state index contributed by atoms with van der Waals surface area (Å²) < 4.78 is 45.6. The van der Waals surface area contributed by atoms with E-state index in [-0.39, 0.29) is 22.0 Å². The van der Waals surface area contributed by atoms with Crippen LogP contribution in [0.15, 0.2) is 34.8 Å². The monoisotopic (exact) mass is 359 g/mol. The van der Waals surface area contributed by atoms with Gasteiger partial charge < -0.3 is 10.1 Å². The fourth-order valence-electron chi connectivity index (χ4n) is 1.90. The molecule has 6 heteroatoms. The zero-order chi connectivity index (χ0) is 15.6. The van der Waals surface area contributed by atoms with Crippen molar-refractivity contribution in [3.63, 3.8) is 0 Å². The van der Waals surface area contributed by atoms with Crippen LogP contribution in [-0.2, 0) is 0 Å². The fourth-order valence-corrected chi connectivity index (χ4v) is 2.21. The Labute approximate surface area is 129 Å². The third kappa shape index (κ3) is 3.50. The number of hydrogen-bond acceptors (Lipinski definition) is 2. The topological polar surface area (TPSA) is 21.3 Å². The molecule has 0 aliphatic carbocycles. The van der Waals surface area contributed by atoms with Crippen molar-refractivity contribution < 1.29 is 17.9 Å². The van der Waals surface area contributed by atoms with Gasteiger partial charge in [0.1, 0.15) is 11.6 Å². The number of methoxy groups -OCH3 is 1. The lowest BCUT2D eigenvalue weighted by Crippen LogP contribution is -2.09. The smallest absolute Gasteiger partial charge is 0.165 e. The Bertz CT molecular complexity index is 664. The largest absolute Gasteiger partial charge is 0.494 e. The Morgan fingerprint density at radius 2 is 1.76 bits per heavy atom. The molecule has 0 bridgehead atoms. The van der Waals surface area contributed by atoms with Gasteiger partial charge in [0.25, 0.3) is 0 Å². The number of rotatable bonds is 4. The highest BCUT2D eigenvalue weighted by Crippen LogP contribution is 2.28. The summed E-state index contributed by atoms with van der Waals surface area (Å²) in [6, 6.07) is 6.11. The van der Waals surface area contributed by atoms with Gasteiger partial charge in [-0.25, -0.2) is 13.2 Å². The van der Waals surface area contributed by atoms with E-state index in [2.05, 4.69) is 21.2 Å². The van der Waals surface area contributed by atoms with Crippen molar-refractivity contribution in [1.82, 2.24) is 0 Å². The van der Waals surface area contributed by atoms with Gasteiger partial charge >= 0.3 is 0 Å². The number of nitrogens with one attached hydrogen (secondary N) is 1. The van der Waals surface area contributed by atoms with Crippen molar-refractivity contribution in [2.75, 3.05) is 12.4 Å². The average Bonchev–Trinajstić information content (AvgIpc) is 2.45. The summed E-state index contributed by atoms with van der Waals surface area (Å²) >= 11 is 2.92. The third-order valence-electron chi connectivity index (χ3n) is 3.06. The Hall–Kier alpha value is -1.69. The molecule has 21 heavy (non-hydrogen) atoms. The standard InChI is InChI=1S/C15H13BrF3NO/c1-8(9-3-4-11(17)15(5-9)21-2)20-14-7-12(18)10(16)6-13(14)19/h3-8,20H,1-2H3. The van der Waals surface area contributed by atoms with E-state index < -0.39 is 17.5 Å². The highest BCUT2D eigenvalue weighted by Gasteiger charge is 2.13. The predicted octanol–water partition coefficient (Wildman–Crippen LogP) is 5.05. The maximum Gasteiger partial charge on any atom is 0.165 e. The van der Waals surface area contributed by atoms with Gasteiger partial charge in [-0.1, -0.05) is 6.07 Å². The van der Waals surface area contributed by atoms with Crippen molar-refractivity contribution in [2.24, 2.45) is 0 Å². The Morgan fingerprint density at radius 3 is 2.43 bits per heavy atom. The summed E-state index contributed by atoms with van der Waals surface area (Å²) in [5, 5.41) is 2.85. The molecule has 0 saturated heterocycles. The molecule has 2 aromatic carbocycles. The van der Waals surface area contributed by atoms with E-state index in [9.17, 15) is 13.2 Å². The molecule has 1 N–H and O–H groups in total. The molecule has 2 nitrogen and oxygen atoms in total. The van der Waals surface area contributed by atoms with Crippen LogP contribution in [0.4, 0.5) is 18.9 Å². The third-order valence-corrected chi connectivity index (χ3v) is 3.66. The molecule has 0 heterocycles. The van der Waals surface area contributed by atoms with Crippen LogP contribution in [0.1, 0.15) is 18.5 Å². The first kappa shape index (κ1) is 15.7. The quantitative estimate of drug-likeness (QED) is 0.771. The Morgan fingerprint density at radius 1 is 1.05 bits per heavy atom. The lowest BCUT2D eigenvalue weighted by Gasteiger charge is -2.17. The molecule has 0 fully saturated rings. The minimum atomic E-state index is -0.579. The normalized spacial score (nSPS) is 12.1. The summed E-state index contributed by atoms with van der Waals surface area (Å²) in [5.74, 6) is -1.52. The van der Waals surface area contributed by atoms with Crippen LogP contribution in [0, 0.1) is 17.5 Å². The first-order valence-corrected chi connectivity index (χ1v) is 6.96. The average molecular weight is 360 g/mol. The lowest BCUT2D eigenvalue weighted by molar-refractivity contribution is 0.385. The molecule has 0 aromatic heterocycles. The van der Waals surface area contributed by atoms with E-state index in [1.54, 1.807) is 13.0 Å². The van der Waals surface area contributed by atoms with E-state index in [0.29, 0.717) is 5.56 Å². The van der Waals surface area contributed by atoms with Gasteiger partial charge in [0.15, 0.2) is 11.6 Å². The summed E-state index contributed by atoms with van der Waals surface area (Å²) in [6.45, 7) is 1.76. The molecule has 0 aliphatic rings. The first-order valence-electron chi connectivity index (χ1n) is 6.17. The SMILES string of the molecule is COc1cc(C(C)Nc2cc(F)c(Br)cc2F)ccc1F. The minimum Gasteiger partial charge on any atom is -0.494 e. The van der Waals surface area contributed by atoms with E-state index in [1.165, 1.54) is 19.2 Å². The number of benzene rings is 2. The van der Waals surface area contributed by atoms with Crippen LogP contribution in [0.5, 0.6) is 5.75 Å². The molecule has 0 spiro atoms. The van der Waals surface area contributed by atoms with Crippen LogP contribution in [-0.4, -0.2) is 7.11 Å². The van der Waals surface area contributed by atoms with Crippen LogP contribution in [0.3, 0.4) is 0 Å². The van der Waals surface area contributed by atoms with Crippen LogP contribution >= 0.6 is 15.9 Å². The molecule has 0 radical (unpaired) electrons. The van der Waals surface area contributed by atoms with Crippen LogP contribution in [0.25, 0.3) is 0 Å². The molecule has 112 valence electrons. The number of anilines is 1. The van der Waals surface area contributed by atoms with Crippen molar-refractivity contribution in [2.45, 2.75) is 13.0 Å². The molecule has 0 aliphatic heterocycles. The van der Waals surface area contributed by atoms with E-state index in [1.807, 2.05) is 0 Å². The van der Waals surface area contributed by atoms with E-state index >= 15 is 0 Å². The number of halogens is 4. The first-order chi connectivity index (χ1) is 9.92. The molecule has 0 saturated carbocycles. The zero-order valence-electron chi connectivity index (χ0n) is 11.4. The molecular weight excluding hydrogens is 347 g/mol. The Balaban J connectivity index is 2.25. The zero-order valence-corrected chi connectivity index (χ0v) is 13.0. The molecule has 0 amide bonds. The maximum atomic E-state index is 13.8. The van der Waals surface area contributed by atoms with Crippen LogP contribution < -0.4 is 10.1 Å². The predicted molar refractivity (Wildman–Crippen MR) is 79.0 cm³/mol. The van der Waals surface area contributed by atoms with Gasteiger partial charge in [-0.2, -0.15) is 0 Å². The second-order valence-electron chi connectivity index (χ2n) is 4.51. The molecule has 2 aromatic rings. The van der Waals surface area contributed by atoms with E-state index in [0.717, 1.165) is 12.1 Å². The lowest BCUT2D eigenvalue weighted by atomic mass is 10.1. The number of ether oxygens (including phenoxy) is 1. The van der Waals surface area contributed by atoms with Crippen molar-refractivity contribution in [1.29, 1.82) is 0 Å². The highest BCUT2D eigenvalue weighted by atomic mass is 79.9. The fraction of sp³-hybridized carbons (Fsp3) is 0.200. The van der Waals surface area contributed by atoms with Gasteiger partial charge in [-0.05, 0) is 46.6 Å². The van der Waals surface area contributed by atoms with Gasteiger partial charge in [0.05, 0.1) is 17.3 Å². The van der Waals surface area contributed by atoms with Crippen LogP contribution in [0.2, 0.25) is 0 Å². The summed E-state index contributed by atoms with van der Waals surface area (Å²) in [5.41, 5.74) is 0.725. The maximum absolute atomic E-state index is 13.8. The van der Waals surface area contributed by atoms with E-state index in [4.69, 9.17) is 4.74 Å². The highest BCUT2D eigenvalue weighted by molar-refractivity contribution is 9.10. The second kappa shape index (κ2) is 6.39. The summed E-state index contributed by atoms with van der Waals surface area (Å²) in [6.07, 6.45) is 0. The number of hydrogen-bond donors (Lipinski definition) is 1. The molecule has 1 atom stereocenters. The van der Waals surface area contributed by atoms with Gasteiger partial charge in [0.2, 0.25) is 0 Å². The van der Waals surface area contributed by atoms with Crippen molar-refractivity contribution in [3.8, 4) is 5.75 Å². The molecule has 1 unspecified atom stereocenters. The molecule has 2 rings (SSSR count). The second-order valence-corrected chi connectivity index (χ2v) is 5.36. The minimum absolute atomic E-state index is 0.0338. The van der Waals surface area contributed by atoms with Crippen molar-refractivity contribution >= 4 is 21.6 Å². The van der Waals surface area contributed by atoms with Crippen molar-refractivity contribution in [3.05, 3.63) is 57.8 Å². The summed E-state index contributed by atoms with van der Waals surface area (Å²) in [4.78, 5) is 0. The Kier molecular flexibility index (Phi) is 4.77. The van der Waals surface area contributed by atoms with Gasteiger partial charge in [-0.3, -0.25) is 0 Å². The van der Waals surface area contributed by atoms with Gasteiger partial charge in [-0.15, -0.1) is 0 Å². The van der Waals surface area contributed by atoms with Gasteiger partial charge in [0, 0.05) is 12.1 Å². The summed E-state index contributed by atoms with van der Waals surface area (Å²) in [7, 11) is 1.37.